The first kappa shape index (κ1) is 12.9. The third-order valence-corrected chi connectivity index (χ3v) is 5.77. The molecule has 2 aliphatic heterocycles. The van der Waals surface area contributed by atoms with Crippen LogP contribution in [-0.2, 0) is 0 Å². The molecule has 18 heavy (non-hydrogen) atoms. The van der Waals surface area contributed by atoms with Gasteiger partial charge >= 0.3 is 0 Å². The van der Waals surface area contributed by atoms with Gasteiger partial charge in [0.25, 0.3) is 0 Å². The number of hydrogen-bond donors (Lipinski definition) is 1. The van der Waals surface area contributed by atoms with Crippen molar-refractivity contribution in [1.82, 2.24) is 4.90 Å². The normalized spacial score (nSPS) is 46.7. The van der Waals surface area contributed by atoms with E-state index in [4.69, 9.17) is 5.73 Å². The van der Waals surface area contributed by atoms with E-state index in [0.717, 1.165) is 24.0 Å². The summed E-state index contributed by atoms with van der Waals surface area (Å²) in [6.45, 7) is 2.50. The highest BCUT2D eigenvalue weighted by Gasteiger charge is 2.41. The predicted octanol–water partition coefficient (Wildman–Crippen LogP) is 3.30. The maximum Gasteiger partial charge on any atom is 0.0127 e. The van der Waals surface area contributed by atoms with E-state index in [1.165, 1.54) is 64.2 Å². The van der Waals surface area contributed by atoms with Gasteiger partial charge in [0.15, 0.2) is 0 Å². The van der Waals surface area contributed by atoms with Gasteiger partial charge in [-0.2, -0.15) is 0 Å². The number of nitrogens with two attached hydrogens (primary N) is 1. The Bertz CT molecular complexity index is 264. The van der Waals surface area contributed by atoms with Gasteiger partial charge in [-0.15, -0.1) is 0 Å². The summed E-state index contributed by atoms with van der Waals surface area (Å²) in [5.41, 5.74) is 6.26. The van der Waals surface area contributed by atoms with Crippen LogP contribution in [0.3, 0.4) is 0 Å². The van der Waals surface area contributed by atoms with Crippen LogP contribution in [0.2, 0.25) is 0 Å². The third kappa shape index (κ3) is 2.46. The van der Waals surface area contributed by atoms with Crippen molar-refractivity contribution in [3.05, 3.63) is 0 Å². The van der Waals surface area contributed by atoms with Crippen LogP contribution in [0.4, 0.5) is 0 Å². The van der Waals surface area contributed by atoms with Gasteiger partial charge in [-0.25, -0.2) is 0 Å². The molecule has 2 saturated heterocycles. The summed E-state index contributed by atoms with van der Waals surface area (Å²) < 4.78 is 0. The fourth-order valence-corrected chi connectivity index (χ4v) is 4.92. The topological polar surface area (TPSA) is 29.3 Å². The van der Waals surface area contributed by atoms with Crippen molar-refractivity contribution in [3.8, 4) is 0 Å². The van der Waals surface area contributed by atoms with Crippen molar-refractivity contribution in [3.63, 3.8) is 0 Å². The van der Waals surface area contributed by atoms with Gasteiger partial charge < -0.3 is 5.73 Å². The second-order valence-corrected chi connectivity index (χ2v) is 7.10. The Morgan fingerprint density at radius 1 is 0.833 bits per heavy atom. The molecule has 0 aromatic carbocycles. The molecule has 1 aliphatic carbocycles. The maximum atomic E-state index is 6.26. The summed E-state index contributed by atoms with van der Waals surface area (Å²) in [5.74, 6) is 0.907. The smallest absolute Gasteiger partial charge is 0.0127 e. The number of nitrogens with zero attached hydrogens (tertiary/aromatic N) is 1. The van der Waals surface area contributed by atoms with Crippen molar-refractivity contribution < 1.29 is 0 Å². The molecule has 0 aromatic rings. The van der Waals surface area contributed by atoms with Crippen molar-refractivity contribution in [2.75, 3.05) is 0 Å². The molecule has 2 bridgehead atoms. The molecule has 2 nitrogen and oxygen atoms in total. The number of hydrogen-bond acceptors (Lipinski definition) is 2. The minimum absolute atomic E-state index is 0.484. The van der Waals surface area contributed by atoms with Gasteiger partial charge in [0, 0.05) is 24.2 Å². The molecule has 0 amide bonds. The summed E-state index contributed by atoms with van der Waals surface area (Å²) in [7, 11) is 0. The molecule has 4 unspecified atom stereocenters. The average Bonchev–Trinajstić information content (AvgIpc) is 2.53. The van der Waals surface area contributed by atoms with E-state index in [1.807, 2.05) is 0 Å². The van der Waals surface area contributed by atoms with E-state index >= 15 is 0 Å². The summed E-state index contributed by atoms with van der Waals surface area (Å²) in [4.78, 5) is 2.95. The summed E-state index contributed by atoms with van der Waals surface area (Å²) in [5, 5.41) is 0. The largest absolute Gasteiger partial charge is 0.328 e. The van der Waals surface area contributed by atoms with E-state index in [9.17, 15) is 0 Å². The molecule has 1 saturated carbocycles. The van der Waals surface area contributed by atoms with Crippen molar-refractivity contribution in [1.29, 1.82) is 0 Å². The summed E-state index contributed by atoms with van der Waals surface area (Å²) in [6.07, 6.45) is 14.1. The maximum absolute atomic E-state index is 6.26. The number of piperidine rings is 2. The lowest BCUT2D eigenvalue weighted by Gasteiger charge is -2.53. The number of rotatable bonds is 1. The SMILES string of the molecule is CC1CCCCCC1N1C2CCCC1CC(N)C2. The zero-order valence-corrected chi connectivity index (χ0v) is 12.0. The molecule has 0 spiro atoms. The van der Waals surface area contributed by atoms with Crippen LogP contribution < -0.4 is 5.73 Å². The lowest BCUT2D eigenvalue weighted by atomic mass is 9.78. The second-order valence-electron chi connectivity index (χ2n) is 7.10. The van der Waals surface area contributed by atoms with E-state index in [1.54, 1.807) is 0 Å². The molecule has 4 atom stereocenters. The Balaban J connectivity index is 1.76. The Kier molecular flexibility index (Phi) is 3.95. The molecule has 3 fully saturated rings. The van der Waals surface area contributed by atoms with Crippen LogP contribution >= 0.6 is 0 Å². The van der Waals surface area contributed by atoms with Gasteiger partial charge in [-0.3, -0.25) is 4.90 Å². The van der Waals surface area contributed by atoms with Crippen molar-refractivity contribution in [2.45, 2.75) is 95.3 Å². The molecule has 2 heterocycles. The Morgan fingerprint density at radius 3 is 2.22 bits per heavy atom. The Morgan fingerprint density at radius 2 is 1.50 bits per heavy atom. The van der Waals surface area contributed by atoms with Crippen molar-refractivity contribution in [2.24, 2.45) is 11.7 Å². The lowest BCUT2D eigenvalue weighted by molar-refractivity contribution is -0.0253. The van der Waals surface area contributed by atoms with Gasteiger partial charge in [0.2, 0.25) is 0 Å². The molecule has 3 aliphatic rings. The van der Waals surface area contributed by atoms with E-state index < -0.39 is 0 Å². The van der Waals surface area contributed by atoms with Crippen LogP contribution in [0.25, 0.3) is 0 Å². The average molecular weight is 250 g/mol. The monoisotopic (exact) mass is 250 g/mol. The molecular weight excluding hydrogens is 220 g/mol. The summed E-state index contributed by atoms with van der Waals surface area (Å²) in [6, 6.07) is 2.99. The van der Waals surface area contributed by atoms with Crippen LogP contribution in [0.5, 0.6) is 0 Å². The van der Waals surface area contributed by atoms with Gasteiger partial charge in [0.1, 0.15) is 0 Å². The van der Waals surface area contributed by atoms with Crippen LogP contribution in [0, 0.1) is 5.92 Å². The lowest BCUT2D eigenvalue weighted by Crippen LogP contribution is -2.60. The predicted molar refractivity (Wildman–Crippen MR) is 76.5 cm³/mol. The van der Waals surface area contributed by atoms with E-state index in [0.29, 0.717) is 6.04 Å². The minimum Gasteiger partial charge on any atom is -0.328 e. The zero-order chi connectivity index (χ0) is 12.5. The molecule has 104 valence electrons. The highest BCUT2D eigenvalue weighted by atomic mass is 15.2. The zero-order valence-electron chi connectivity index (χ0n) is 12.0. The molecule has 2 N–H and O–H groups in total. The first-order valence-electron chi connectivity index (χ1n) is 8.28. The number of fused-ring (bicyclic) bond motifs is 2. The summed E-state index contributed by atoms with van der Waals surface area (Å²) >= 11 is 0. The fourth-order valence-electron chi connectivity index (χ4n) is 4.92. The second kappa shape index (κ2) is 5.50. The molecule has 0 aromatic heterocycles. The highest BCUT2D eigenvalue weighted by molar-refractivity contribution is 4.98. The standard InChI is InChI=1S/C16H30N2/c1-12-6-3-2-4-9-16(12)18-14-7-5-8-15(18)11-13(17)10-14/h12-16H,2-11,17H2,1H3. The Labute approximate surface area is 112 Å². The minimum atomic E-state index is 0.484. The molecule has 3 rings (SSSR count). The van der Waals surface area contributed by atoms with Crippen molar-refractivity contribution >= 4 is 0 Å². The fraction of sp³-hybridized carbons (Fsp3) is 1.00. The van der Waals surface area contributed by atoms with Crippen LogP contribution in [0.1, 0.15) is 71.1 Å². The van der Waals surface area contributed by atoms with E-state index in [-0.39, 0.29) is 0 Å². The van der Waals surface area contributed by atoms with Crippen LogP contribution in [-0.4, -0.2) is 29.1 Å². The molecular formula is C16H30N2. The third-order valence-electron chi connectivity index (χ3n) is 5.77. The molecule has 0 radical (unpaired) electrons. The van der Waals surface area contributed by atoms with Gasteiger partial charge in [0.05, 0.1) is 0 Å². The van der Waals surface area contributed by atoms with Gasteiger partial charge in [-0.1, -0.05) is 32.6 Å². The van der Waals surface area contributed by atoms with Gasteiger partial charge in [-0.05, 0) is 44.4 Å². The molecule has 2 heteroatoms. The first-order chi connectivity index (χ1) is 8.75. The van der Waals surface area contributed by atoms with Crippen LogP contribution in [0.15, 0.2) is 0 Å². The first-order valence-corrected chi connectivity index (χ1v) is 8.28. The van der Waals surface area contributed by atoms with E-state index in [2.05, 4.69) is 11.8 Å². The highest BCUT2D eigenvalue weighted by Crippen LogP contribution is 2.39. The quantitative estimate of drug-likeness (QED) is 0.724. The Hall–Kier alpha value is -0.0800.